The molecule has 0 saturated heterocycles. The number of amides is 1. The topological polar surface area (TPSA) is 43.1 Å². The Bertz CT molecular complexity index is 178. The number of allylic oxidation sites excluding steroid dienone is 1. The van der Waals surface area contributed by atoms with Gasteiger partial charge in [-0.25, -0.2) is 0 Å². The molecule has 62 valence electrons. The lowest BCUT2D eigenvalue weighted by Gasteiger charge is -2.16. The minimum atomic E-state index is -0.335. The van der Waals surface area contributed by atoms with Gasteiger partial charge in [-0.2, -0.15) is 0 Å². The van der Waals surface area contributed by atoms with Gasteiger partial charge in [0.25, 0.3) is 0 Å². The molecule has 11 heavy (non-hydrogen) atoms. The molecule has 0 aromatic rings. The summed E-state index contributed by atoms with van der Waals surface area (Å²) in [6, 6.07) is 0. The van der Waals surface area contributed by atoms with E-state index in [-0.39, 0.29) is 11.3 Å². The highest BCUT2D eigenvalue weighted by atomic mass is 16.1. The van der Waals surface area contributed by atoms with E-state index in [0.717, 1.165) is 0 Å². The molecule has 1 saturated carbocycles. The van der Waals surface area contributed by atoms with Gasteiger partial charge in [0, 0.05) is 0 Å². The maximum atomic E-state index is 10.4. The largest absolute Gasteiger partial charge is 0.366 e. The normalized spacial score (nSPS) is 22.6. The Morgan fingerprint density at radius 3 is 2.45 bits per heavy atom. The predicted molar refractivity (Wildman–Crippen MR) is 44.9 cm³/mol. The van der Waals surface area contributed by atoms with Gasteiger partial charge in [-0.05, 0) is 24.3 Å². The molecule has 0 heterocycles. The fourth-order valence-corrected chi connectivity index (χ4v) is 1.63. The zero-order valence-electron chi connectivity index (χ0n) is 6.97. The van der Waals surface area contributed by atoms with E-state index in [2.05, 4.69) is 6.92 Å². The van der Waals surface area contributed by atoms with Crippen LogP contribution in [0, 0.1) is 5.41 Å². The van der Waals surface area contributed by atoms with E-state index in [0.29, 0.717) is 0 Å². The van der Waals surface area contributed by atoms with Gasteiger partial charge in [0.2, 0.25) is 5.91 Å². The van der Waals surface area contributed by atoms with Gasteiger partial charge in [0.15, 0.2) is 0 Å². The minimum absolute atomic E-state index is 0.245. The van der Waals surface area contributed by atoms with Gasteiger partial charge in [-0.1, -0.05) is 25.8 Å². The van der Waals surface area contributed by atoms with Crippen molar-refractivity contribution in [1.29, 1.82) is 0 Å². The highest BCUT2D eigenvalue weighted by molar-refractivity contribution is 5.85. The van der Waals surface area contributed by atoms with Crippen LogP contribution in [0.25, 0.3) is 0 Å². The minimum Gasteiger partial charge on any atom is -0.366 e. The van der Waals surface area contributed by atoms with Crippen LogP contribution in [0.1, 0.15) is 32.6 Å². The van der Waals surface area contributed by atoms with Crippen LogP contribution in [-0.2, 0) is 4.79 Å². The van der Waals surface area contributed by atoms with Crippen LogP contribution in [0.2, 0.25) is 0 Å². The van der Waals surface area contributed by atoms with Crippen LogP contribution in [0.4, 0.5) is 0 Å². The Labute approximate surface area is 67.5 Å². The van der Waals surface area contributed by atoms with Crippen molar-refractivity contribution in [2.24, 2.45) is 11.1 Å². The summed E-state index contributed by atoms with van der Waals surface area (Å²) in [6.07, 6.45) is 8.39. The van der Waals surface area contributed by atoms with Crippen LogP contribution >= 0.6 is 0 Å². The number of hydrogen-bond acceptors (Lipinski definition) is 1. The summed E-state index contributed by atoms with van der Waals surface area (Å²) in [7, 11) is 0. The summed E-state index contributed by atoms with van der Waals surface area (Å²) in [5.74, 6) is -0.335. The molecule has 0 aromatic heterocycles. The second-order valence-electron chi connectivity index (χ2n) is 3.60. The Balaban J connectivity index is 2.52. The summed E-state index contributed by atoms with van der Waals surface area (Å²) in [5, 5.41) is 0. The molecule has 2 N–H and O–H groups in total. The fraction of sp³-hybridized carbons (Fsp3) is 0.667. The Hall–Kier alpha value is -0.790. The first kappa shape index (κ1) is 8.31. The molecule has 0 aliphatic heterocycles. The lowest BCUT2D eigenvalue weighted by Crippen LogP contribution is -2.11. The van der Waals surface area contributed by atoms with E-state index in [1.54, 1.807) is 0 Å². The first-order valence-electron chi connectivity index (χ1n) is 4.11. The first-order chi connectivity index (χ1) is 5.12. The molecule has 0 atom stereocenters. The highest BCUT2D eigenvalue weighted by Gasteiger charge is 2.25. The number of nitrogens with two attached hydrogens (primary N) is 1. The van der Waals surface area contributed by atoms with Crippen molar-refractivity contribution in [2.75, 3.05) is 0 Å². The van der Waals surface area contributed by atoms with Crippen molar-refractivity contribution in [1.82, 2.24) is 0 Å². The molecule has 2 heteroatoms. The standard InChI is InChI=1S/C9H15NO/c1-9(5-2-3-6-9)7-4-8(10)11/h4,7H,2-3,5-6H2,1H3,(H2,10,11)/b7-4+. The molecule has 2 nitrogen and oxygen atoms in total. The van der Waals surface area contributed by atoms with Gasteiger partial charge < -0.3 is 5.73 Å². The SMILES string of the molecule is CC1(/C=C/C(N)=O)CCCC1. The molecule has 0 bridgehead atoms. The van der Waals surface area contributed by atoms with Crippen LogP contribution in [0.3, 0.4) is 0 Å². The molecular formula is C9H15NO. The van der Waals surface area contributed by atoms with E-state index >= 15 is 0 Å². The fourth-order valence-electron chi connectivity index (χ4n) is 1.63. The maximum Gasteiger partial charge on any atom is 0.241 e. The van der Waals surface area contributed by atoms with E-state index < -0.39 is 0 Å². The Kier molecular flexibility index (Phi) is 2.32. The maximum absolute atomic E-state index is 10.4. The molecule has 1 amide bonds. The highest BCUT2D eigenvalue weighted by Crippen LogP contribution is 2.38. The Morgan fingerprint density at radius 2 is 2.00 bits per heavy atom. The third-order valence-corrected chi connectivity index (χ3v) is 2.40. The Morgan fingerprint density at radius 1 is 1.45 bits per heavy atom. The third kappa shape index (κ3) is 2.37. The molecular weight excluding hydrogens is 138 g/mol. The molecule has 0 aromatic carbocycles. The number of rotatable bonds is 2. The second-order valence-corrected chi connectivity index (χ2v) is 3.60. The molecule has 1 aliphatic carbocycles. The average molecular weight is 153 g/mol. The van der Waals surface area contributed by atoms with Crippen molar-refractivity contribution in [3.63, 3.8) is 0 Å². The molecule has 0 radical (unpaired) electrons. The van der Waals surface area contributed by atoms with Gasteiger partial charge in [-0.15, -0.1) is 0 Å². The van der Waals surface area contributed by atoms with Gasteiger partial charge >= 0.3 is 0 Å². The third-order valence-electron chi connectivity index (χ3n) is 2.40. The van der Waals surface area contributed by atoms with Crippen LogP contribution in [0.5, 0.6) is 0 Å². The monoisotopic (exact) mass is 153 g/mol. The summed E-state index contributed by atoms with van der Waals surface area (Å²) >= 11 is 0. The van der Waals surface area contributed by atoms with E-state index in [9.17, 15) is 4.79 Å². The predicted octanol–water partition coefficient (Wildman–Crippen LogP) is 1.61. The van der Waals surface area contributed by atoms with Crippen molar-refractivity contribution < 1.29 is 4.79 Å². The van der Waals surface area contributed by atoms with Gasteiger partial charge in [0.05, 0.1) is 0 Å². The zero-order chi connectivity index (χ0) is 8.32. The van der Waals surface area contributed by atoms with E-state index in [4.69, 9.17) is 5.73 Å². The first-order valence-corrected chi connectivity index (χ1v) is 4.11. The van der Waals surface area contributed by atoms with Gasteiger partial charge in [0.1, 0.15) is 0 Å². The number of carbonyl (C=O) groups is 1. The van der Waals surface area contributed by atoms with Crippen molar-refractivity contribution >= 4 is 5.91 Å². The number of carbonyl (C=O) groups excluding carboxylic acids is 1. The van der Waals surface area contributed by atoms with Crippen molar-refractivity contribution in [2.45, 2.75) is 32.6 Å². The van der Waals surface area contributed by atoms with E-state index in [1.165, 1.54) is 31.8 Å². The molecule has 1 fully saturated rings. The van der Waals surface area contributed by atoms with Gasteiger partial charge in [-0.3, -0.25) is 4.79 Å². The lowest BCUT2D eigenvalue weighted by atomic mass is 9.88. The quantitative estimate of drug-likeness (QED) is 0.602. The van der Waals surface area contributed by atoms with Crippen LogP contribution in [0.15, 0.2) is 12.2 Å². The molecule has 1 aliphatic rings. The summed E-state index contributed by atoms with van der Waals surface area (Å²) in [6.45, 7) is 2.18. The molecule has 0 spiro atoms. The zero-order valence-corrected chi connectivity index (χ0v) is 6.97. The average Bonchev–Trinajstić information content (AvgIpc) is 2.33. The van der Waals surface area contributed by atoms with Crippen molar-refractivity contribution in [3.8, 4) is 0 Å². The second kappa shape index (κ2) is 3.07. The van der Waals surface area contributed by atoms with Crippen LogP contribution in [-0.4, -0.2) is 5.91 Å². The van der Waals surface area contributed by atoms with E-state index in [1.807, 2.05) is 6.08 Å². The smallest absolute Gasteiger partial charge is 0.241 e. The molecule has 0 unspecified atom stereocenters. The number of primary amides is 1. The van der Waals surface area contributed by atoms with Crippen LogP contribution < -0.4 is 5.73 Å². The summed E-state index contributed by atoms with van der Waals surface area (Å²) < 4.78 is 0. The lowest BCUT2D eigenvalue weighted by molar-refractivity contribution is -0.113. The van der Waals surface area contributed by atoms with Crippen molar-refractivity contribution in [3.05, 3.63) is 12.2 Å². The number of hydrogen-bond donors (Lipinski definition) is 1. The summed E-state index contributed by atoms with van der Waals surface area (Å²) in [4.78, 5) is 10.4. The molecule has 1 rings (SSSR count). The summed E-state index contributed by atoms with van der Waals surface area (Å²) in [5.41, 5.74) is 5.25.